The molecule has 0 bridgehead atoms. The first kappa shape index (κ1) is 19.6. The Morgan fingerprint density at radius 2 is 1.89 bits per heavy atom. The van der Waals surface area contributed by atoms with Crippen LogP contribution >= 0.6 is 11.3 Å². The first-order valence-corrected chi connectivity index (χ1v) is 10.8. The number of benzene rings is 2. The Morgan fingerprint density at radius 3 is 2.56 bits per heavy atom. The molecule has 1 heterocycles. The smallest absolute Gasteiger partial charge is 0.285 e. The van der Waals surface area contributed by atoms with E-state index < -0.39 is 10.0 Å². The first-order chi connectivity index (χ1) is 12.9. The molecule has 6 nitrogen and oxygen atoms in total. The fraction of sp³-hybridized carbons (Fsp3) is 0.316. The third-order valence-corrected chi connectivity index (χ3v) is 6.50. The van der Waals surface area contributed by atoms with Gasteiger partial charge in [-0.15, -0.1) is 4.40 Å². The van der Waals surface area contributed by atoms with Gasteiger partial charge in [0.15, 0.2) is 0 Å². The monoisotopic (exact) mass is 406 g/mol. The number of fused-ring (bicyclic) bond motifs is 1. The van der Waals surface area contributed by atoms with Gasteiger partial charge in [0.2, 0.25) is 4.80 Å². The summed E-state index contributed by atoms with van der Waals surface area (Å²) in [7, 11) is -2.29. The number of sulfonamides is 1. The maximum atomic E-state index is 12.8. The van der Waals surface area contributed by atoms with Gasteiger partial charge in [-0.05, 0) is 55.8 Å². The van der Waals surface area contributed by atoms with Gasteiger partial charge in [-0.25, -0.2) is 0 Å². The minimum absolute atomic E-state index is 0.133. The lowest BCUT2D eigenvalue weighted by atomic mass is 10.2. The lowest BCUT2D eigenvalue weighted by Gasteiger charge is -2.06. The molecule has 0 saturated heterocycles. The molecule has 3 rings (SSSR count). The highest BCUT2D eigenvalue weighted by Gasteiger charge is 2.15. The van der Waals surface area contributed by atoms with Crippen LogP contribution in [0.1, 0.15) is 12.5 Å². The zero-order valence-corrected chi connectivity index (χ0v) is 17.1. The van der Waals surface area contributed by atoms with Crippen LogP contribution in [0.15, 0.2) is 51.8 Å². The Labute approximate surface area is 162 Å². The topological polar surface area (TPSA) is 69.9 Å². The molecule has 0 amide bonds. The number of aryl methyl sites for hydroxylation is 1. The summed E-state index contributed by atoms with van der Waals surface area (Å²) in [4.78, 5) is 0.569. The van der Waals surface area contributed by atoms with Gasteiger partial charge >= 0.3 is 0 Å². The zero-order valence-electron chi connectivity index (χ0n) is 15.5. The van der Waals surface area contributed by atoms with E-state index in [-0.39, 0.29) is 4.90 Å². The molecule has 0 aliphatic carbocycles. The van der Waals surface area contributed by atoms with Crippen molar-refractivity contribution in [1.29, 1.82) is 0 Å². The lowest BCUT2D eigenvalue weighted by Crippen LogP contribution is -2.19. The SMILES string of the molecule is CCOCCn1c(=NS(=O)(=O)c2ccc(OC)cc2)sc2cc(C)ccc21. The van der Waals surface area contributed by atoms with Crippen LogP contribution in [-0.2, 0) is 21.3 Å². The maximum Gasteiger partial charge on any atom is 0.285 e. The second kappa shape index (κ2) is 8.24. The molecule has 0 aliphatic rings. The summed E-state index contributed by atoms with van der Waals surface area (Å²) in [6, 6.07) is 12.3. The van der Waals surface area contributed by atoms with E-state index in [1.807, 2.05) is 36.6 Å². The number of hydrogen-bond donors (Lipinski definition) is 0. The minimum atomic E-state index is -3.83. The highest BCUT2D eigenvalue weighted by atomic mass is 32.2. The van der Waals surface area contributed by atoms with Crippen molar-refractivity contribution in [3.63, 3.8) is 0 Å². The molecule has 0 fully saturated rings. The van der Waals surface area contributed by atoms with Crippen molar-refractivity contribution in [2.75, 3.05) is 20.3 Å². The molecule has 0 aliphatic heterocycles. The normalized spacial score (nSPS) is 12.6. The molecule has 0 saturated carbocycles. The van der Waals surface area contributed by atoms with E-state index >= 15 is 0 Å². The third-order valence-electron chi connectivity index (χ3n) is 4.06. The van der Waals surface area contributed by atoms with Gasteiger partial charge in [0, 0.05) is 13.2 Å². The first-order valence-electron chi connectivity index (χ1n) is 8.57. The molecule has 0 atom stereocenters. The van der Waals surface area contributed by atoms with E-state index in [0.29, 0.717) is 30.3 Å². The number of methoxy groups -OCH3 is 1. The van der Waals surface area contributed by atoms with E-state index in [2.05, 4.69) is 4.40 Å². The van der Waals surface area contributed by atoms with Crippen molar-refractivity contribution in [3.8, 4) is 5.75 Å². The third kappa shape index (κ3) is 4.40. The van der Waals surface area contributed by atoms with E-state index in [1.165, 1.54) is 30.6 Å². The fourth-order valence-corrected chi connectivity index (χ4v) is 5.03. The molecule has 27 heavy (non-hydrogen) atoms. The number of hydrogen-bond acceptors (Lipinski definition) is 5. The predicted octanol–water partition coefficient (Wildman–Crippen LogP) is 3.35. The van der Waals surface area contributed by atoms with Crippen LogP contribution in [0.4, 0.5) is 0 Å². The van der Waals surface area contributed by atoms with Crippen molar-refractivity contribution in [2.45, 2.75) is 25.3 Å². The second-order valence-corrected chi connectivity index (χ2v) is 8.56. The van der Waals surface area contributed by atoms with E-state index in [9.17, 15) is 8.42 Å². The van der Waals surface area contributed by atoms with Crippen LogP contribution in [0, 0.1) is 6.92 Å². The number of aromatic nitrogens is 1. The van der Waals surface area contributed by atoms with Crippen LogP contribution in [0.5, 0.6) is 5.75 Å². The van der Waals surface area contributed by atoms with Gasteiger partial charge in [0.1, 0.15) is 5.75 Å². The molecule has 2 aromatic carbocycles. The summed E-state index contributed by atoms with van der Waals surface area (Å²) >= 11 is 1.36. The van der Waals surface area contributed by atoms with Crippen LogP contribution in [-0.4, -0.2) is 33.3 Å². The summed E-state index contributed by atoms with van der Waals surface area (Å²) in [6.45, 7) is 5.58. The quantitative estimate of drug-likeness (QED) is 0.564. The van der Waals surface area contributed by atoms with Gasteiger partial charge in [-0.1, -0.05) is 17.4 Å². The number of ether oxygens (including phenoxy) is 2. The Kier molecular flexibility index (Phi) is 5.98. The molecule has 0 spiro atoms. The van der Waals surface area contributed by atoms with E-state index in [1.54, 1.807) is 12.1 Å². The largest absolute Gasteiger partial charge is 0.497 e. The number of nitrogens with zero attached hydrogens (tertiary/aromatic N) is 2. The van der Waals surface area contributed by atoms with Crippen molar-refractivity contribution >= 4 is 31.6 Å². The summed E-state index contributed by atoms with van der Waals surface area (Å²) < 4.78 is 43.1. The predicted molar refractivity (Wildman–Crippen MR) is 107 cm³/mol. The molecule has 0 N–H and O–H groups in total. The van der Waals surface area contributed by atoms with Crippen LogP contribution < -0.4 is 9.54 Å². The Bertz CT molecular complexity index is 1100. The summed E-state index contributed by atoms with van der Waals surface area (Å²) in [5, 5.41) is 0. The molecule has 144 valence electrons. The highest BCUT2D eigenvalue weighted by molar-refractivity contribution is 7.90. The van der Waals surface area contributed by atoms with E-state index in [4.69, 9.17) is 9.47 Å². The average molecular weight is 407 g/mol. The van der Waals surface area contributed by atoms with Gasteiger partial charge in [-0.3, -0.25) is 0 Å². The molecule has 3 aromatic rings. The Hall–Kier alpha value is -2.16. The zero-order chi connectivity index (χ0) is 19.4. The second-order valence-electron chi connectivity index (χ2n) is 5.95. The van der Waals surface area contributed by atoms with Gasteiger partial charge in [0.25, 0.3) is 10.0 Å². The van der Waals surface area contributed by atoms with Crippen molar-refractivity contribution < 1.29 is 17.9 Å². The molecule has 1 aromatic heterocycles. The van der Waals surface area contributed by atoms with Crippen molar-refractivity contribution in [2.24, 2.45) is 4.40 Å². The van der Waals surface area contributed by atoms with Crippen LogP contribution in [0.2, 0.25) is 0 Å². The van der Waals surface area contributed by atoms with Crippen LogP contribution in [0.3, 0.4) is 0 Å². The van der Waals surface area contributed by atoms with Crippen LogP contribution in [0.25, 0.3) is 10.2 Å². The van der Waals surface area contributed by atoms with Gasteiger partial charge in [-0.2, -0.15) is 8.42 Å². The maximum absolute atomic E-state index is 12.8. The molecule has 0 radical (unpaired) electrons. The fourth-order valence-electron chi connectivity index (χ4n) is 2.67. The highest BCUT2D eigenvalue weighted by Crippen LogP contribution is 2.21. The summed E-state index contributed by atoms with van der Waals surface area (Å²) in [5.41, 5.74) is 2.07. The lowest BCUT2D eigenvalue weighted by molar-refractivity contribution is 0.139. The Morgan fingerprint density at radius 1 is 1.15 bits per heavy atom. The standard InChI is InChI=1S/C19H22N2O4S2/c1-4-25-12-11-21-17-10-5-14(2)13-18(17)26-19(21)20-27(22,23)16-8-6-15(24-3)7-9-16/h5-10,13H,4,11-12H2,1-3H3. The molecular formula is C19H22N2O4S2. The molecular weight excluding hydrogens is 384 g/mol. The summed E-state index contributed by atoms with van der Waals surface area (Å²) in [6.07, 6.45) is 0. The number of thiazole rings is 1. The van der Waals surface area contributed by atoms with Crippen molar-refractivity contribution in [1.82, 2.24) is 4.57 Å². The summed E-state index contributed by atoms with van der Waals surface area (Å²) in [5.74, 6) is 0.595. The average Bonchev–Trinajstić information content (AvgIpc) is 2.97. The van der Waals surface area contributed by atoms with Gasteiger partial charge < -0.3 is 14.0 Å². The van der Waals surface area contributed by atoms with Gasteiger partial charge in [0.05, 0.1) is 28.8 Å². The van der Waals surface area contributed by atoms with E-state index in [0.717, 1.165) is 15.8 Å². The number of rotatable bonds is 7. The molecule has 0 unspecified atom stereocenters. The minimum Gasteiger partial charge on any atom is -0.497 e. The van der Waals surface area contributed by atoms with Crippen molar-refractivity contribution in [3.05, 3.63) is 52.8 Å². The molecule has 8 heteroatoms. The Balaban J connectivity index is 2.11.